The summed E-state index contributed by atoms with van der Waals surface area (Å²) in [6, 6.07) is 4.27. The van der Waals surface area contributed by atoms with E-state index >= 15 is 0 Å². The van der Waals surface area contributed by atoms with E-state index in [9.17, 15) is 13.6 Å². The summed E-state index contributed by atoms with van der Waals surface area (Å²) in [6.45, 7) is 2.35. The fourth-order valence-corrected chi connectivity index (χ4v) is 2.98. The highest BCUT2D eigenvalue weighted by molar-refractivity contribution is 5.85. The van der Waals surface area contributed by atoms with E-state index in [-0.39, 0.29) is 25.0 Å². The van der Waals surface area contributed by atoms with Crippen molar-refractivity contribution in [2.45, 2.75) is 31.8 Å². The minimum absolute atomic E-state index is 0. The van der Waals surface area contributed by atoms with Crippen LogP contribution in [0, 0.1) is 11.6 Å². The van der Waals surface area contributed by atoms with Gasteiger partial charge in [0.15, 0.2) is 11.6 Å². The molecule has 0 spiro atoms. The Morgan fingerprint density at radius 2 is 2.04 bits per heavy atom. The van der Waals surface area contributed by atoms with Gasteiger partial charge in [-0.1, -0.05) is 6.07 Å². The molecule has 1 aliphatic rings. The smallest absolute Gasteiger partial charge is 0.317 e. The molecule has 1 aromatic carbocycles. The van der Waals surface area contributed by atoms with Gasteiger partial charge in [0.05, 0.1) is 6.54 Å². The van der Waals surface area contributed by atoms with Crippen LogP contribution in [0.4, 0.5) is 8.78 Å². The number of benzene rings is 1. The van der Waals surface area contributed by atoms with Gasteiger partial charge in [-0.2, -0.15) is 0 Å². The minimum atomic E-state index is -0.824. The molecule has 1 unspecified atom stereocenters. The molecule has 23 heavy (non-hydrogen) atoms. The van der Waals surface area contributed by atoms with Gasteiger partial charge in [0, 0.05) is 12.6 Å². The molecule has 1 fully saturated rings. The third-order valence-corrected chi connectivity index (χ3v) is 4.19. The lowest BCUT2D eigenvalue weighted by atomic mass is 10.1. The lowest BCUT2D eigenvalue weighted by Gasteiger charge is -2.25. The first-order chi connectivity index (χ1) is 10.5. The zero-order valence-corrected chi connectivity index (χ0v) is 14.0. The summed E-state index contributed by atoms with van der Waals surface area (Å²) in [5, 5.41) is 8.86. The van der Waals surface area contributed by atoms with Crippen LogP contribution in [-0.4, -0.2) is 53.6 Å². The molecule has 1 saturated heterocycles. The summed E-state index contributed by atoms with van der Waals surface area (Å²) in [7, 11) is 1.84. The normalized spacial score (nSPS) is 19.2. The number of likely N-dealkylation sites (tertiary alicyclic amines) is 1. The molecular weight excluding hydrogens is 326 g/mol. The Hall–Kier alpha value is -1.24. The molecule has 7 heteroatoms. The highest BCUT2D eigenvalue weighted by Crippen LogP contribution is 2.18. The van der Waals surface area contributed by atoms with E-state index in [1.54, 1.807) is 6.07 Å². The number of hydrogen-bond acceptors (Lipinski definition) is 3. The second kappa shape index (κ2) is 9.15. The van der Waals surface area contributed by atoms with Gasteiger partial charge in [0.1, 0.15) is 0 Å². The topological polar surface area (TPSA) is 43.8 Å². The van der Waals surface area contributed by atoms with E-state index < -0.39 is 17.6 Å². The van der Waals surface area contributed by atoms with Crippen molar-refractivity contribution >= 4 is 18.4 Å². The van der Waals surface area contributed by atoms with Gasteiger partial charge in [-0.3, -0.25) is 14.6 Å². The molecule has 4 nitrogen and oxygen atoms in total. The third kappa shape index (κ3) is 6.05. The van der Waals surface area contributed by atoms with Crippen LogP contribution in [0.5, 0.6) is 0 Å². The molecular formula is C16H23ClF2N2O2. The first-order valence-electron chi connectivity index (χ1n) is 7.54. The highest BCUT2D eigenvalue weighted by Gasteiger charge is 2.21. The van der Waals surface area contributed by atoms with Crippen LogP contribution >= 0.6 is 12.4 Å². The summed E-state index contributed by atoms with van der Waals surface area (Å²) in [4.78, 5) is 14.9. The lowest BCUT2D eigenvalue weighted by molar-refractivity contribution is -0.138. The first-order valence-corrected chi connectivity index (χ1v) is 7.54. The molecule has 0 saturated carbocycles. The van der Waals surface area contributed by atoms with Crippen molar-refractivity contribution in [3.05, 3.63) is 35.4 Å². The summed E-state index contributed by atoms with van der Waals surface area (Å²) >= 11 is 0. The molecule has 0 aliphatic carbocycles. The van der Waals surface area contributed by atoms with Crippen LogP contribution in [0.1, 0.15) is 24.8 Å². The fraction of sp³-hybridized carbons (Fsp3) is 0.562. The van der Waals surface area contributed by atoms with Gasteiger partial charge in [0.2, 0.25) is 0 Å². The van der Waals surface area contributed by atoms with Gasteiger partial charge in [-0.15, -0.1) is 12.4 Å². The molecule has 1 aliphatic heterocycles. The van der Waals surface area contributed by atoms with E-state index in [0.29, 0.717) is 6.54 Å². The molecule has 1 atom stereocenters. The Kier molecular flexibility index (Phi) is 7.88. The monoisotopic (exact) mass is 348 g/mol. The van der Waals surface area contributed by atoms with E-state index in [2.05, 4.69) is 4.90 Å². The minimum Gasteiger partial charge on any atom is -0.480 e. The van der Waals surface area contributed by atoms with Crippen molar-refractivity contribution in [3.63, 3.8) is 0 Å². The SMILES string of the molecule is CN(CC(=O)O)C1CCCN(Cc2ccc(F)c(F)c2)CC1.Cl. The summed E-state index contributed by atoms with van der Waals surface area (Å²) in [5.41, 5.74) is 0.760. The maximum absolute atomic E-state index is 13.2. The number of aliphatic carboxylic acids is 1. The number of carboxylic acid groups (broad SMARTS) is 1. The molecule has 1 N–H and O–H groups in total. The Morgan fingerprint density at radius 1 is 1.30 bits per heavy atom. The number of hydrogen-bond donors (Lipinski definition) is 1. The van der Waals surface area contributed by atoms with Crippen molar-refractivity contribution in [2.24, 2.45) is 0 Å². The van der Waals surface area contributed by atoms with Crippen LogP contribution in [0.25, 0.3) is 0 Å². The highest BCUT2D eigenvalue weighted by atomic mass is 35.5. The largest absolute Gasteiger partial charge is 0.480 e. The van der Waals surface area contributed by atoms with Crippen molar-refractivity contribution in [2.75, 3.05) is 26.7 Å². The van der Waals surface area contributed by atoms with Crippen molar-refractivity contribution in [3.8, 4) is 0 Å². The predicted octanol–water partition coefficient (Wildman–Crippen LogP) is 2.76. The Labute approximate surface area is 141 Å². The van der Waals surface area contributed by atoms with Crippen LogP contribution in [0.3, 0.4) is 0 Å². The standard InChI is InChI=1S/C16H22F2N2O2.ClH/c1-19(11-16(21)22)13-3-2-7-20(8-6-13)10-12-4-5-14(17)15(18)9-12;/h4-5,9,13H,2-3,6-8,10-11H2,1H3,(H,21,22);1H. The summed E-state index contributed by atoms with van der Waals surface area (Å²) in [6.07, 6.45) is 2.81. The number of nitrogens with zero attached hydrogens (tertiary/aromatic N) is 2. The summed E-state index contributed by atoms with van der Waals surface area (Å²) in [5.74, 6) is -2.45. The number of carbonyl (C=O) groups is 1. The number of carboxylic acids is 1. The van der Waals surface area contributed by atoms with Crippen molar-refractivity contribution in [1.82, 2.24) is 9.80 Å². The number of rotatable bonds is 5. The van der Waals surface area contributed by atoms with Crippen molar-refractivity contribution < 1.29 is 18.7 Å². The average molecular weight is 349 g/mol. The van der Waals surface area contributed by atoms with E-state index in [1.165, 1.54) is 6.07 Å². The molecule has 1 aromatic rings. The molecule has 0 amide bonds. The average Bonchev–Trinajstić information content (AvgIpc) is 2.68. The Balaban J connectivity index is 0.00000264. The van der Waals surface area contributed by atoms with Crippen LogP contribution in [0.15, 0.2) is 18.2 Å². The number of halogens is 3. The Morgan fingerprint density at radius 3 is 2.70 bits per heavy atom. The van der Waals surface area contributed by atoms with Crippen LogP contribution in [-0.2, 0) is 11.3 Å². The molecule has 2 rings (SSSR count). The van der Waals surface area contributed by atoms with E-state index in [1.807, 2.05) is 11.9 Å². The van der Waals surface area contributed by atoms with Crippen LogP contribution in [0.2, 0.25) is 0 Å². The fourth-order valence-electron chi connectivity index (χ4n) is 2.98. The molecule has 0 bridgehead atoms. The zero-order valence-electron chi connectivity index (χ0n) is 13.2. The van der Waals surface area contributed by atoms with Gasteiger partial charge in [-0.05, 0) is 57.1 Å². The van der Waals surface area contributed by atoms with Crippen molar-refractivity contribution in [1.29, 1.82) is 0 Å². The van der Waals surface area contributed by atoms with Gasteiger partial charge >= 0.3 is 5.97 Å². The zero-order chi connectivity index (χ0) is 16.1. The molecule has 130 valence electrons. The number of likely N-dealkylation sites (N-methyl/N-ethyl adjacent to an activating group) is 1. The van der Waals surface area contributed by atoms with Gasteiger partial charge in [-0.25, -0.2) is 8.78 Å². The maximum atomic E-state index is 13.2. The maximum Gasteiger partial charge on any atom is 0.317 e. The summed E-state index contributed by atoms with van der Waals surface area (Å²) < 4.78 is 26.2. The van der Waals surface area contributed by atoms with Gasteiger partial charge < -0.3 is 5.11 Å². The predicted molar refractivity (Wildman–Crippen MR) is 86.8 cm³/mol. The Bertz CT molecular complexity index is 531. The van der Waals surface area contributed by atoms with Crippen LogP contribution < -0.4 is 0 Å². The molecule has 1 heterocycles. The van der Waals surface area contributed by atoms with Gasteiger partial charge in [0.25, 0.3) is 0 Å². The lowest BCUT2D eigenvalue weighted by Crippen LogP contribution is -2.36. The second-order valence-corrected chi connectivity index (χ2v) is 5.92. The first kappa shape index (κ1) is 19.8. The third-order valence-electron chi connectivity index (χ3n) is 4.19. The van der Waals surface area contributed by atoms with E-state index in [4.69, 9.17) is 5.11 Å². The molecule has 0 aromatic heterocycles. The second-order valence-electron chi connectivity index (χ2n) is 5.92. The quantitative estimate of drug-likeness (QED) is 0.888. The van der Waals surface area contributed by atoms with E-state index in [0.717, 1.165) is 44.0 Å². The molecule has 0 radical (unpaired) electrons.